The van der Waals surface area contributed by atoms with Gasteiger partial charge in [0, 0.05) is 43.4 Å². The molecule has 30 heavy (non-hydrogen) atoms. The summed E-state index contributed by atoms with van der Waals surface area (Å²) in [5.41, 5.74) is -0.436. The van der Waals surface area contributed by atoms with Crippen molar-refractivity contribution < 1.29 is 22.9 Å². The lowest BCUT2D eigenvalue weighted by Gasteiger charge is -2.35. The molecule has 0 spiro atoms. The van der Waals surface area contributed by atoms with E-state index in [0.29, 0.717) is 18.8 Å². The average Bonchev–Trinajstić information content (AvgIpc) is 2.68. The zero-order valence-electron chi connectivity index (χ0n) is 16.5. The number of hydrogen-bond donors (Lipinski definition) is 1. The van der Waals surface area contributed by atoms with Crippen LogP contribution in [0.25, 0.3) is 0 Å². The van der Waals surface area contributed by atoms with Crippen LogP contribution in [0.2, 0.25) is 0 Å². The Morgan fingerprint density at radius 3 is 2.40 bits per heavy atom. The van der Waals surface area contributed by atoms with Crippen LogP contribution in [0.4, 0.5) is 30.2 Å². The zero-order valence-corrected chi connectivity index (χ0v) is 16.5. The van der Waals surface area contributed by atoms with E-state index >= 15 is 0 Å². The van der Waals surface area contributed by atoms with Crippen molar-refractivity contribution in [1.82, 2.24) is 4.90 Å². The number of piperazine rings is 1. The summed E-state index contributed by atoms with van der Waals surface area (Å²) >= 11 is 0. The van der Waals surface area contributed by atoms with Gasteiger partial charge in [0.05, 0.1) is 21.9 Å². The molecule has 7 nitrogen and oxygen atoms in total. The highest BCUT2D eigenvalue weighted by atomic mass is 19.4. The molecule has 2 aromatic rings. The van der Waals surface area contributed by atoms with E-state index in [1.54, 1.807) is 0 Å². The number of halogens is 3. The first-order valence-electron chi connectivity index (χ1n) is 9.28. The van der Waals surface area contributed by atoms with E-state index in [9.17, 15) is 28.1 Å². The summed E-state index contributed by atoms with van der Waals surface area (Å²) in [5.74, 6) is -0.703. The smallest absolute Gasteiger partial charge is 0.367 e. The summed E-state index contributed by atoms with van der Waals surface area (Å²) in [6.07, 6.45) is -4.57. The van der Waals surface area contributed by atoms with Gasteiger partial charge in [-0.2, -0.15) is 13.2 Å². The highest BCUT2D eigenvalue weighted by molar-refractivity contribution is 6.07. The zero-order chi connectivity index (χ0) is 22.1. The quantitative estimate of drug-likeness (QED) is 0.597. The number of carbonyl (C=O) groups excluding carboxylic acids is 1. The minimum Gasteiger partial charge on any atom is -0.367 e. The van der Waals surface area contributed by atoms with E-state index in [-0.39, 0.29) is 22.5 Å². The molecule has 10 heteroatoms. The molecular weight excluding hydrogens is 401 g/mol. The summed E-state index contributed by atoms with van der Waals surface area (Å²) in [5, 5.41) is 13.7. The first-order valence-corrected chi connectivity index (χ1v) is 9.28. The van der Waals surface area contributed by atoms with Crippen molar-refractivity contribution in [3.05, 3.63) is 63.2 Å². The Bertz CT molecular complexity index is 970. The van der Waals surface area contributed by atoms with Gasteiger partial charge in [-0.1, -0.05) is 6.07 Å². The fourth-order valence-corrected chi connectivity index (χ4v) is 3.39. The van der Waals surface area contributed by atoms with Crippen LogP contribution in [0.3, 0.4) is 0 Å². The van der Waals surface area contributed by atoms with Gasteiger partial charge in [-0.15, -0.1) is 0 Å². The molecular formula is C20H21F3N4O3. The van der Waals surface area contributed by atoms with Gasteiger partial charge in [-0.25, -0.2) is 0 Å². The Kier molecular flexibility index (Phi) is 5.97. The van der Waals surface area contributed by atoms with Gasteiger partial charge in [-0.05, 0) is 38.2 Å². The van der Waals surface area contributed by atoms with Crippen molar-refractivity contribution in [2.75, 3.05) is 43.4 Å². The summed E-state index contributed by atoms with van der Waals surface area (Å²) < 4.78 is 39.8. The molecule has 0 aliphatic carbocycles. The van der Waals surface area contributed by atoms with Crippen LogP contribution >= 0.6 is 0 Å². The molecule has 0 atom stereocenters. The molecule has 1 saturated heterocycles. The Balaban J connectivity index is 1.98. The van der Waals surface area contributed by atoms with Gasteiger partial charge in [-0.3, -0.25) is 14.9 Å². The molecule has 2 aromatic carbocycles. The fourth-order valence-electron chi connectivity index (χ4n) is 3.39. The topological polar surface area (TPSA) is 78.7 Å². The van der Waals surface area contributed by atoms with Gasteiger partial charge in [0.1, 0.15) is 0 Å². The summed E-state index contributed by atoms with van der Waals surface area (Å²) in [6, 6.07) is 7.28. The number of hydrogen-bond acceptors (Lipinski definition) is 5. The van der Waals surface area contributed by atoms with Crippen molar-refractivity contribution in [2.24, 2.45) is 0 Å². The van der Waals surface area contributed by atoms with Crippen molar-refractivity contribution in [2.45, 2.75) is 13.1 Å². The summed E-state index contributed by atoms with van der Waals surface area (Å²) in [4.78, 5) is 27.4. The third kappa shape index (κ3) is 4.54. The molecule has 1 fully saturated rings. The molecule has 0 unspecified atom stereocenters. The Hall–Kier alpha value is -3.14. The Labute approximate surface area is 171 Å². The number of amides is 1. The van der Waals surface area contributed by atoms with Gasteiger partial charge < -0.3 is 15.1 Å². The molecule has 160 valence electrons. The van der Waals surface area contributed by atoms with E-state index in [0.717, 1.165) is 25.2 Å². The lowest BCUT2D eigenvalue weighted by Crippen LogP contribution is -2.44. The number of rotatable bonds is 4. The second-order valence-electron chi connectivity index (χ2n) is 7.18. The van der Waals surface area contributed by atoms with Crippen molar-refractivity contribution in [1.29, 1.82) is 0 Å². The van der Waals surface area contributed by atoms with Crippen molar-refractivity contribution in [3.8, 4) is 0 Å². The largest absolute Gasteiger partial charge is 0.416 e. The highest BCUT2D eigenvalue weighted by Gasteiger charge is 2.32. The number of nitrogens with zero attached hydrogens (tertiary/aromatic N) is 3. The Morgan fingerprint density at radius 1 is 1.13 bits per heavy atom. The number of alkyl halides is 3. The lowest BCUT2D eigenvalue weighted by atomic mass is 10.1. The maximum absolute atomic E-state index is 13.3. The van der Waals surface area contributed by atoms with Gasteiger partial charge in [0.15, 0.2) is 0 Å². The number of carbonyl (C=O) groups is 1. The maximum atomic E-state index is 13.3. The minimum atomic E-state index is -4.57. The van der Waals surface area contributed by atoms with Crippen LogP contribution in [0.15, 0.2) is 36.4 Å². The van der Waals surface area contributed by atoms with E-state index < -0.39 is 22.6 Å². The third-order valence-electron chi connectivity index (χ3n) is 5.16. The number of benzene rings is 2. The monoisotopic (exact) mass is 422 g/mol. The number of nitro groups is 1. The second kappa shape index (κ2) is 8.31. The van der Waals surface area contributed by atoms with Gasteiger partial charge >= 0.3 is 6.18 Å². The minimum absolute atomic E-state index is 0.0188. The van der Waals surface area contributed by atoms with E-state index in [2.05, 4.69) is 10.2 Å². The van der Waals surface area contributed by atoms with E-state index in [4.69, 9.17) is 0 Å². The predicted octanol–water partition coefficient (Wildman–Crippen LogP) is 3.93. The van der Waals surface area contributed by atoms with Crippen LogP contribution in [0, 0.1) is 17.0 Å². The summed E-state index contributed by atoms with van der Waals surface area (Å²) in [6.45, 7) is 4.10. The average molecular weight is 422 g/mol. The van der Waals surface area contributed by atoms with Crippen LogP contribution in [0.5, 0.6) is 0 Å². The molecule has 0 aromatic heterocycles. The number of nitro benzene ring substituents is 1. The number of likely N-dealkylation sites (N-methyl/N-ethyl adjacent to an activating group) is 1. The molecule has 0 bridgehead atoms. The first kappa shape index (κ1) is 21.6. The summed E-state index contributed by atoms with van der Waals surface area (Å²) in [7, 11) is 1.96. The predicted molar refractivity (Wildman–Crippen MR) is 107 cm³/mol. The lowest BCUT2D eigenvalue weighted by molar-refractivity contribution is -0.385. The molecule has 0 radical (unpaired) electrons. The standard InChI is InChI=1S/C20H21F3N4O3/c1-13-15(4-3-5-17(13)27(29)30)19(28)24-16-12-14(20(21,22)23)6-7-18(16)26-10-8-25(2)9-11-26/h3-7,12H,8-11H2,1-2H3,(H,24,28). The van der Waals surface area contributed by atoms with Crippen LogP contribution in [0.1, 0.15) is 21.5 Å². The van der Waals surface area contributed by atoms with E-state index in [1.807, 2.05) is 11.9 Å². The first-order chi connectivity index (χ1) is 14.1. The fraction of sp³-hybridized carbons (Fsp3) is 0.350. The number of anilines is 2. The van der Waals surface area contributed by atoms with Gasteiger partial charge in [0.25, 0.3) is 11.6 Å². The number of nitrogens with one attached hydrogen (secondary N) is 1. The SMILES string of the molecule is Cc1c(C(=O)Nc2cc(C(F)(F)F)ccc2N2CCN(C)CC2)cccc1[N+](=O)[O-]. The molecule has 0 saturated carbocycles. The van der Waals surface area contributed by atoms with Gasteiger partial charge in [0.2, 0.25) is 0 Å². The molecule has 1 amide bonds. The molecule has 1 heterocycles. The van der Waals surface area contributed by atoms with Crippen LogP contribution in [-0.2, 0) is 6.18 Å². The third-order valence-corrected chi connectivity index (χ3v) is 5.16. The molecule has 3 rings (SSSR count). The second-order valence-corrected chi connectivity index (χ2v) is 7.18. The molecule has 1 aliphatic heterocycles. The van der Waals surface area contributed by atoms with Crippen molar-refractivity contribution >= 4 is 23.0 Å². The maximum Gasteiger partial charge on any atom is 0.416 e. The normalized spacial score (nSPS) is 15.2. The van der Waals surface area contributed by atoms with E-state index in [1.165, 1.54) is 31.2 Å². The van der Waals surface area contributed by atoms with Crippen molar-refractivity contribution in [3.63, 3.8) is 0 Å². The van der Waals surface area contributed by atoms with Crippen LogP contribution in [-0.4, -0.2) is 49.0 Å². The molecule has 1 aliphatic rings. The highest BCUT2D eigenvalue weighted by Crippen LogP contribution is 2.36. The Morgan fingerprint density at radius 2 is 1.80 bits per heavy atom. The van der Waals surface area contributed by atoms with Crippen LogP contribution < -0.4 is 10.2 Å². The molecule has 1 N–H and O–H groups in total.